The summed E-state index contributed by atoms with van der Waals surface area (Å²) in [5, 5.41) is 4.80. The van der Waals surface area contributed by atoms with Gasteiger partial charge in [0.15, 0.2) is 5.11 Å². The van der Waals surface area contributed by atoms with E-state index in [2.05, 4.69) is 15.1 Å². The van der Waals surface area contributed by atoms with E-state index in [4.69, 9.17) is 33.3 Å². The number of thiocarbonyl (C=S) groups is 1. The molecule has 144 valence electrons. The summed E-state index contributed by atoms with van der Waals surface area (Å²) in [5.41, 5.74) is 3.14. The van der Waals surface area contributed by atoms with Crippen molar-refractivity contribution in [1.82, 2.24) is 4.90 Å². The lowest BCUT2D eigenvalue weighted by Crippen LogP contribution is -2.50. The second kappa shape index (κ2) is 8.67. The molecule has 0 unspecified atom stereocenters. The summed E-state index contributed by atoms with van der Waals surface area (Å²) in [6.45, 7) is 5.43. The van der Waals surface area contributed by atoms with E-state index in [-0.39, 0.29) is 0 Å². The van der Waals surface area contributed by atoms with Gasteiger partial charge in [0.2, 0.25) is 0 Å². The van der Waals surface area contributed by atoms with Gasteiger partial charge >= 0.3 is 0 Å². The van der Waals surface area contributed by atoms with Crippen molar-refractivity contribution in [3.8, 4) is 11.5 Å². The molecule has 5 nitrogen and oxygen atoms in total. The van der Waals surface area contributed by atoms with Crippen LogP contribution in [0.2, 0.25) is 5.02 Å². The van der Waals surface area contributed by atoms with Crippen molar-refractivity contribution >= 4 is 40.3 Å². The van der Waals surface area contributed by atoms with E-state index in [9.17, 15) is 0 Å². The van der Waals surface area contributed by atoms with Crippen LogP contribution in [0.3, 0.4) is 0 Å². The summed E-state index contributed by atoms with van der Waals surface area (Å²) in [7, 11) is 3.34. The van der Waals surface area contributed by atoms with Crippen LogP contribution < -0.4 is 19.7 Å². The average Bonchev–Trinajstić information content (AvgIpc) is 2.69. The zero-order valence-electron chi connectivity index (χ0n) is 15.8. The molecule has 1 aliphatic heterocycles. The number of benzene rings is 2. The molecule has 1 saturated heterocycles. The molecule has 2 aromatic carbocycles. The van der Waals surface area contributed by atoms with Crippen LogP contribution in [-0.4, -0.2) is 50.4 Å². The number of aryl methyl sites for hydroxylation is 1. The minimum atomic E-state index is 0.728. The minimum Gasteiger partial charge on any atom is -0.497 e. The quantitative estimate of drug-likeness (QED) is 0.769. The number of hydrogen-bond acceptors (Lipinski definition) is 4. The van der Waals surface area contributed by atoms with Gasteiger partial charge in [-0.25, -0.2) is 0 Å². The number of anilines is 2. The number of piperazine rings is 1. The van der Waals surface area contributed by atoms with E-state index in [1.54, 1.807) is 14.2 Å². The van der Waals surface area contributed by atoms with Gasteiger partial charge in [-0.1, -0.05) is 11.6 Å². The van der Waals surface area contributed by atoms with E-state index >= 15 is 0 Å². The number of ether oxygens (including phenoxy) is 2. The molecule has 0 atom stereocenters. The topological polar surface area (TPSA) is 37.0 Å². The highest BCUT2D eigenvalue weighted by atomic mass is 35.5. The zero-order valence-corrected chi connectivity index (χ0v) is 17.4. The van der Waals surface area contributed by atoms with Crippen molar-refractivity contribution in [2.75, 3.05) is 50.6 Å². The van der Waals surface area contributed by atoms with Crippen molar-refractivity contribution in [3.63, 3.8) is 0 Å². The van der Waals surface area contributed by atoms with Gasteiger partial charge in [-0.05, 0) is 55.0 Å². The molecular formula is C20H24ClN3O2S. The minimum absolute atomic E-state index is 0.728. The highest BCUT2D eigenvalue weighted by molar-refractivity contribution is 7.80. The molecule has 3 rings (SSSR count). The Morgan fingerprint density at radius 2 is 1.78 bits per heavy atom. The standard InChI is InChI=1S/C20H24ClN3O2S/c1-14-12-15(21)4-6-17(14)22-20(27)24-10-8-23(9-11-24)18-7-5-16(25-2)13-19(18)26-3/h4-7,12-13H,8-11H2,1-3H3,(H,22,27). The summed E-state index contributed by atoms with van der Waals surface area (Å²) < 4.78 is 10.8. The summed E-state index contributed by atoms with van der Waals surface area (Å²) in [5.74, 6) is 1.61. The van der Waals surface area contributed by atoms with E-state index in [1.807, 2.05) is 43.3 Å². The molecule has 0 spiro atoms. The highest BCUT2D eigenvalue weighted by Gasteiger charge is 2.22. The number of nitrogens with zero attached hydrogens (tertiary/aromatic N) is 2. The lowest BCUT2D eigenvalue weighted by atomic mass is 10.2. The van der Waals surface area contributed by atoms with Gasteiger partial charge in [-0.3, -0.25) is 0 Å². The molecule has 0 aromatic heterocycles. The lowest BCUT2D eigenvalue weighted by molar-refractivity contribution is 0.377. The molecular weight excluding hydrogens is 382 g/mol. The smallest absolute Gasteiger partial charge is 0.173 e. The van der Waals surface area contributed by atoms with Crippen molar-refractivity contribution in [1.29, 1.82) is 0 Å². The second-order valence-electron chi connectivity index (χ2n) is 6.40. The van der Waals surface area contributed by atoms with Gasteiger partial charge in [-0.2, -0.15) is 0 Å². The summed E-state index contributed by atoms with van der Waals surface area (Å²) in [6.07, 6.45) is 0. The summed E-state index contributed by atoms with van der Waals surface area (Å²) >= 11 is 11.6. The number of halogens is 1. The maximum atomic E-state index is 6.03. The molecule has 0 amide bonds. The number of nitrogens with one attached hydrogen (secondary N) is 1. The first-order chi connectivity index (χ1) is 13.0. The van der Waals surface area contributed by atoms with Crippen LogP contribution in [0.25, 0.3) is 0 Å². The fourth-order valence-electron chi connectivity index (χ4n) is 3.16. The maximum absolute atomic E-state index is 6.03. The van der Waals surface area contributed by atoms with E-state index < -0.39 is 0 Å². The number of rotatable bonds is 4. The van der Waals surface area contributed by atoms with Crippen LogP contribution in [0.4, 0.5) is 11.4 Å². The van der Waals surface area contributed by atoms with Crippen LogP contribution in [0.1, 0.15) is 5.56 Å². The van der Waals surface area contributed by atoms with E-state index in [0.717, 1.165) is 64.8 Å². The van der Waals surface area contributed by atoms with E-state index in [1.165, 1.54) is 0 Å². The first-order valence-electron chi connectivity index (χ1n) is 8.81. The molecule has 1 heterocycles. The summed E-state index contributed by atoms with van der Waals surface area (Å²) in [4.78, 5) is 4.50. The Labute approximate surface area is 170 Å². The molecule has 27 heavy (non-hydrogen) atoms. The number of hydrogen-bond donors (Lipinski definition) is 1. The molecule has 0 saturated carbocycles. The van der Waals surface area contributed by atoms with Gasteiger partial charge in [0.05, 0.1) is 19.9 Å². The Balaban J connectivity index is 1.62. The van der Waals surface area contributed by atoms with Crippen molar-refractivity contribution < 1.29 is 9.47 Å². The van der Waals surface area contributed by atoms with Crippen LogP contribution in [0, 0.1) is 6.92 Å². The molecule has 2 aromatic rings. The van der Waals surface area contributed by atoms with Crippen molar-refractivity contribution in [2.45, 2.75) is 6.92 Å². The normalized spacial score (nSPS) is 14.1. The largest absolute Gasteiger partial charge is 0.497 e. The predicted molar refractivity (Wildman–Crippen MR) is 116 cm³/mol. The molecule has 1 aliphatic rings. The van der Waals surface area contributed by atoms with Gasteiger partial charge in [0.25, 0.3) is 0 Å². The van der Waals surface area contributed by atoms with Crippen LogP contribution >= 0.6 is 23.8 Å². The molecule has 1 fully saturated rings. The van der Waals surface area contributed by atoms with Crippen molar-refractivity contribution in [3.05, 3.63) is 47.0 Å². The molecule has 7 heteroatoms. The van der Waals surface area contributed by atoms with Gasteiger partial charge in [-0.15, -0.1) is 0 Å². The Morgan fingerprint density at radius 1 is 1.04 bits per heavy atom. The second-order valence-corrected chi connectivity index (χ2v) is 7.22. The molecule has 0 radical (unpaired) electrons. The Morgan fingerprint density at radius 3 is 2.41 bits per heavy atom. The Bertz CT molecular complexity index is 823. The third-order valence-electron chi connectivity index (χ3n) is 4.72. The SMILES string of the molecule is COc1ccc(N2CCN(C(=S)Nc3ccc(Cl)cc3C)CC2)c(OC)c1. The fourth-order valence-corrected chi connectivity index (χ4v) is 3.68. The highest BCUT2D eigenvalue weighted by Crippen LogP contribution is 2.32. The molecule has 0 bridgehead atoms. The third-order valence-corrected chi connectivity index (χ3v) is 5.32. The van der Waals surface area contributed by atoms with Crippen LogP contribution in [-0.2, 0) is 0 Å². The van der Waals surface area contributed by atoms with Gasteiger partial charge in [0, 0.05) is 43.0 Å². The molecule has 0 aliphatic carbocycles. The fraction of sp³-hybridized carbons (Fsp3) is 0.350. The average molecular weight is 406 g/mol. The van der Waals surface area contributed by atoms with Crippen LogP contribution in [0.5, 0.6) is 11.5 Å². The maximum Gasteiger partial charge on any atom is 0.173 e. The van der Waals surface area contributed by atoms with Crippen LogP contribution in [0.15, 0.2) is 36.4 Å². The summed E-state index contributed by atoms with van der Waals surface area (Å²) in [6, 6.07) is 11.7. The van der Waals surface area contributed by atoms with Gasteiger partial charge < -0.3 is 24.6 Å². The van der Waals surface area contributed by atoms with Gasteiger partial charge in [0.1, 0.15) is 11.5 Å². The van der Waals surface area contributed by atoms with E-state index in [0.29, 0.717) is 0 Å². The lowest BCUT2D eigenvalue weighted by Gasteiger charge is -2.38. The number of methoxy groups -OCH3 is 2. The Hall–Kier alpha value is -2.18. The molecule has 1 N–H and O–H groups in total. The first kappa shape index (κ1) is 19.6. The Kier molecular flexibility index (Phi) is 6.29. The third kappa shape index (κ3) is 4.57. The predicted octanol–water partition coefficient (Wildman–Crippen LogP) is 4.18. The monoisotopic (exact) mass is 405 g/mol. The zero-order chi connectivity index (χ0) is 19.4. The first-order valence-corrected chi connectivity index (χ1v) is 9.59. The van der Waals surface area contributed by atoms with Crippen molar-refractivity contribution in [2.24, 2.45) is 0 Å².